The zero-order valence-corrected chi connectivity index (χ0v) is 11.7. The summed E-state index contributed by atoms with van der Waals surface area (Å²) in [5.41, 5.74) is 8.92. The van der Waals surface area contributed by atoms with Gasteiger partial charge in [-0.3, -0.25) is 9.59 Å². The Balaban J connectivity index is 2.04. The van der Waals surface area contributed by atoms with Crippen LogP contribution in [0.4, 0.5) is 11.4 Å². The van der Waals surface area contributed by atoms with Crippen LogP contribution < -0.4 is 10.6 Å². The summed E-state index contributed by atoms with van der Waals surface area (Å²) < 4.78 is 0. The van der Waals surface area contributed by atoms with E-state index in [-0.39, 0.29) is 29.1 Å². The molecule has 2 aliphatic rings. The van der Waals surface area contributed by atoms with Gasteiger partial charge in [0, 0.05) is 0 Å². The fourth-order valence-corrected chi connectivity index (χ4v) is 3.20. The highest BCUT2D eigenvalue weighted by Gasteiger charge is 2.72. The van der Waals surface area contributed by atoms with E-state index >= 15 is 0 Å². The van der Waals surface area contributed by atoms with Gasteiger partial charge in [0.1, 0.15) is 0 Å². The highest BCUT2D eigenvalue weighted by molar-refractivity contribution is 6.26. The normalized spacial score (nSPS) is 27.7. The van der Waals surface area contributed by atoms with E-state index in [0.717, 1.165) is 11.1 Å². The van der Waals surface area contributed by atoms with Gasteiger partial charge in [0.25, 0.3) is 0 Å². The van der Waals surface area contributed by atoms with Gasteiger partial charge in [0.05, 0.1) is 23.2 Å². The molecule has 1 aromatic carbocycles. The number of benzene rings is 1. The number of nitrogen functional groups attached to an aromatic ring is 1. The van der Waals surface area contributed by atoms with Crippen LogP contribution in [0, 0.1) is 31.1 Å². The molecule has 0 spiro atoms. The fraction of sp³-hybridized carbons (Fsp3) is 0.467. The lowest BCUT2D eigenvalue weighted by Gasteiger charge is -2.22. The second-order valence-electron chi connectivity index (χ2n) is 6.28. The van der Waals surface area contributed by atoms with E-state index in [9.17, 15) is 9.59 Å². The number of fused-ring (bicyclic) bond motifs is 1. The minimum atomic E-state index is -0.181. The third kappa shape index (κ3) is 1.40. The lowest BCUT2D eigenvalue weighted by molar-refractivity contribution is -0.125. The van der Waals surface area contributed by atoms with Gasteiger partial charge in [0.15, 0.2) is 0 Å². The quantitative estimate of drug-likeness (QED) is 0.619. The molecular formula is C15H18N2O2. The maximum Gasteiger partial charge on any atom is 0.238 e. The Morgan fingerprint density at radius 2 is 1.53 bits per heavy atom. The third-order valence-corrected chi connectivity index (χ3v) is 4.68. The first-order valence-corrected chi connectivity index (χ1v) is 6.51. The average molecular weight is 258 g/mol. The first-order chi connectivity index (χ1) is 8.76. The number of rotatable bonds is 1. The lowest BCUT2D eigenvalue weighted by atomic mass is 10.0. The van der Waals surface area contributed by atoms with Crippen molar-refractivity contribution in [1.82, 2.24) is 0 Å². The summed E-state index contributed by atoms with van der Waals surface area (Å²) in [5, 5.41) is 0. The van der Waals surface area contributed by atoms with E-state index in [1.165, 1.54) is 4.90 Å². The van der Waals surface area contributed by atoms with Crippen molar-refractivity contribution in [2.24, 2.45) is 17.3 Å². The van der Waals surface area contributed by atoms with Crippen molar-refractivity contribution in [2.75, 3.05) is 10.6 Å². The number of nitrogens with two attached hydrogens (primary N) is 1. The van der Waals surface area contributed by atoms with Crippen LogP contribution in [0.3, 0.4) is 0 Å². The molecule has 4 heteroatoms. The number of nitrogens with zero attached hydrogens (tertiary/aromatic N) is 1. The molecule has 1 aliphatic heterocycles. The van der Waals surface area contributed by atoms with Crippen LogP contribution in [-0.2, 0) is 9.59 Å². The van der Waals surface area contributed by atoms with Crippen LogP contribution >= 0.6 is 0 Å². The summed E-state index contributed by atoms with van der Waals surface area (Å²) in [6.07, 6.45) is 0. The molecule has 3 rings (SSSR count). The van der Waals surface area contributed by atoms with E-state index in [1.54, 1.807) is 0 Å². The number of hydrogen-bond acceptors (Lipinski definition) is 3. The van der Waals surface area contributed by atoms with Crippen LogP contribution in [0.1, 0.15) is 25.0 Å². The molecule has 1 saturated carbocycles. The van der Waals surface area contributed by atoms with E-state index in [2.05, 4.69) is 0 Å². The van der Waals surface area contributed by atoms with Gasteiger partial charge in [-0.2, -0.15) is 0 Å². The molecule has 0 aromatic heterocycles. The van der Waals surface area contributed by atoms with Crippen molar-refractivity contribution in [2.45, 2.75) is 27.7 Å². The predicted octanol–water partition coefficient (Wildman–Crippen LogP) is 2.03. The molecule has 2 N–H and O–H groups in total. The Bertz CT molecular complexity index is 595. The molecule has 100 valence electrons. The number of imide groups is 1. The van der Waals surface area contributed by atoms with Gasteiger partial charge < -0.3 is 5.73 Å². The Morgan fingerprint density at radius 1 is 1.05 bits per heavy atom. The minimum Gasteiger partial charge on any atom is -0.397 e. The summed E-state index contributed by atoms with van der Waals surface area (Å²) in [6.45, 7) is 7.86. The Labute approximate surface area is 112 Å². The standard InChI is InChI=1S/C15H18N2O2/c1-7-5-9(16)10(6-8(7)2)17-13(18)11-12(14(17)19)15(11,3)4/h5-6,11-12H,16H2,1-4H3. The lowest BCUT2D eigenvalue weighted by Crippen LogP contribution is -2.36. The largest absolute Gasteiger partial charge is 0.397 e. The minimum absolute atomic E-state index is 0.102. The number of hydrogen-bond donors (Lipinski definition) is 1. The van der Waals surface area contributed by atoms with Crippen LogP contribution in [0.5, 0.6) is 0 Å². The van der Waals surface area contributed by atoms with Gasteiger partial charge in [0.2, 0.25) is 11.8 Å². The van der Waals surface area contributed by atoms with Crippen molar-refractivity contribution in [1.29, 1.82) is 0 Å². The van der Waals surface area contributed by atoms with Crippen molar-refractivity contribution in [3.05, 3.63) is 23.3 Å². The second-order valence-corrected chi connectivity index (χ2v) is 6.28. The molecule has 2 amide bonds. The molecule has 1 heterocycles. The Kier molecular flexibility index (Phi) is 2.17. The first kappa shape index (κ1) is 12.2. The summed E-state index contributed by atoms with van der Waals surface area (Å²) in [6, 6.07) is 3.65. The van der Waals surface area contributed by atoms with Gasteiger partial charge in [-0.15, -0.1) is 0 Å². The number of anilines is 2. The smallest absolute Gasteiger partial charge is 0.238 e. The average Bonchev–Trinajstić information content (AvgIpc) is 2.76. The first-order valence-electron chi connectivity index (χ1n) is 6.51. The maximum atomic E-state index is 12.4. The SMILES string of the molecule is Cc1cc(N)c(N2C(=O)C3C(C2=O)C3(C)C)cc1C. The number of carbonyl (C=O) groups excluding carboxylic acids is 2. The molecule has 2 unspecified atom stereocenters. The van der Waals surface area contributed by atoms with Crippen LogP contribution in [-0.4, -0.2) is 11.8 Å². The molecule has 1 saturated heterocycles. The summed E-state index contributed by atoms with van der Waals surface area (Å²) in [4.78, 5) is 26.0. The molecular weight excluding hydrogens is 240 g/mol. The maximum absolute atomic E-state index is 12.4. The third-order valence-electron chi connectivity index (χ3n) is 4.68. The van der Waals surface area contributed by atoms with Crippen molar-refractivity contribution < 1.29 is 9.59 Å². The Morgan fingerprint density at radius 3 is 2.05 bits per heavy atom. The Hall–Kier alpha value is -1.84. The highest BCUT2D eigenvalue weighted by Crippen LogP contribution is 2.63. The zero-order chi connectivity index (χ0) is 14.1. The fourth-order valence-electron chi connectivity index (χ4n) is 3.20. The van der Waals surface area contributed by atoms with Gasteiger partial charge >= 0.3 is 0 Å². The summed E-state index contributed by atoms with van der Waals surface area (Å²) in [5.74, 6) is -0.535. The molecule has 4 nitrogen and oxygen atoms in total. The molecule has 0 bridgehead atoms. The van der Waals surface area contributed by atoms with Gasteiger partial charge in [-0.05, 0) is 42.5 Å². The number of piperidine rings is 1. The van der Waals surface area contributed by atoms with E-state index in [1.807, 2.05) is 39.8 Å². The molecule has 2 fully saturated rings. The monoisotopic (exact) mass is 258 g/mol. The molecule has 1 aliphatic carbocycles. The second kappa shape index (κ2) is 3.38. The molecule has 0 radical (unpaired) electrons. The van der Waals surface area contributed by atoms with Gasteiger partial charge in [-0.1, -0.05) is 13.8 Å². The van der Waals surface area contributed by atoms with Crippen LogP contribution in [0.25, 0.3) is 0 Å². The molecule has 1 aromatic rings. The summed E-state index contributed by atoms with van der Waals surface area (Å²) in [7, 11) is 0. The van der Waals surface area contributed by atoms with Crippen LogP contribution in [0.15, 0.2) is 12.1 Å². The molecule has 19 heavy (non-hydrogen) atoms. The topological polar surface area (TPSA) is 63.4 Å². The number of aryl methyl sites for hydroxylation is 2. The van der Waals surface area contributed by atoms with Crippen molar-refractivity contribution in [3.63, 3.8) is 0 Å². The number of amides is 2. The number of carbonyl (C=O) groups is 2. The van der Waals surface area contributed by atoms with E-state index in [0.29, 0.717) is 11.4 Å². The van der Waals surface area contributed by atoms with Gasteiger partial charge in [-0.25, -0.2) is 4.90 Å². The summed E-state index contributed by atoms with van der Waals surface area (Å²) >= 11 is 0. The van der Waals surface area contributed by atoms with Crippen LogP contribution in [0.2, 0.25) is 0 Å². The predicted molar refractivity (Wildman–Crippen MR) is 73.6 cm³/mol. The highest BCUT2D eigenvalue weighted by atomic mass is 16.2. The van der Waals surface area contributed by atoms with E-state index < -0.39 is 0 Å². The van der Waals surface area contributed by atoms with Crippen molar-refractivity contribution in [3.8, 4) is 0 Å². The van der Waals surface area contributed by atoms with Crippen molar-refractivity contribution >= 4 is 23.2 Å². The zero-order valence-electron chi connectivity index (χ0n) is 11.7. The van der Waals surface area contributed by atoms with E-state index in [4.69, 9.17) is 5.73 Å². The molecule has 2 atom stereocenters.